The third-order valence-corrected chi connectivity index (χ3v) is 10.6. The van der Waals surface area contributed by atoms with Crippen molar-refractivity contribution in [3.63, 3.8) is 0 Å². The number of carbonyl (C=O) groups is 2. The Kier molecular flexibility index (Phi) is 7.48. The van der Waals surface area contributed by atoms with E-state index in [-0.39, 0.29) is 22.8 Å². The van der Waals surface area contributed by atoms with E-state index in [0.717, 1.165) is 21.6 Å². The van der Waals surface area contributed by atoms with Gasteiger partial charge in [-0.1, -0.05) is 30.3 Å². The third kappa shape index (κ3) is 5.26. The molecule has 216 valence electrons. The zero-order chi connectivity index (χ0) is 29.4. The molecule has 9 nitrogen and oxygen atoms in total. The zero-order valence-electron chi connectivity index (χ0n) is 23.0. The molecule has 1 amide bonds. The average molecular weight is 605 g/mol. The number of sulfonamides is 1. The molecule has 1 aromatic heterocycles. The number of hydrogen-bond acceptors (Lipinski definition) is 8. The zero-order valence-corrected chi connectivity index (χ0v) is 24.6. The van der Waals surface area contributed by atoms with Crippen LogP contribution < -0.4 is 14.8 Å². The van der Waals surface area contributed by atoms with Crippen LogP contribution in [0.2, 0.25) is 0 Å². The Bertz CT molecular complexity index is 1800. The van der Waals surface area contributed by atoms with Gasteiger partial charge in [0.2, 0.25) is 16.8 Å². The van der Waals surface area contributed by atoms with Gasteiger partial charge in [-0.25, -0.2) is 13.2 Å². The van der Waals surface area contributed by atoms with E-state index >= 15 is 0 Å². The van der Waals surface area contributed by atoms with E-state index in [1.54, 1.807) is 0 Å². The second-order valence-corrected chi connectivity index (χ2v) is 13.1. The molecule has 3 heterocycles. The molecule has 2 aliphatic heterocycles. The Morgan fingerprint density at radius 3 is 2.50 bits per heavy atom. The van der Waals surface area contributed by atoms with E-state index < -0.39 is 21.9 Å². The van der Waals surface area contributed by atoms with Crippen LogP contribution in [0.3, 0.4) is 0 Å². The molecule has 0 aliphatic carbocycles. The standard InChI is InChI=1S/C31H28N2O7S2/c1-19-27(16-20-7-12-25-26(15-20)40-18-39-25)41-30(28(19)31(35)38-2)32-29(34)22-8-10-24(11-9-22)42(36,37)33-14-13-21-5-3-4-6-23(21)17-33/h3-12,15H,13-14,16-18H2,1-2H3,(H,32,34). The van der Waals surface area contributed by atoms with Crippen LogP contribution in [-0.2, 0) is 34.1 Å². The molecular weight excluding hydrogens is 576 g/mol. The van der Waals surface area contributed by atoms with Gasteiger partial charge in [0.15, 0.2) is 11.5 Å². The Hall–Kier alpha value is -4.19. The predicted molar refractivity (Wildman–Crippen MR) is 158 cm³/mol. The van der Waals surface area contributed by atoms with Crippen LogP contribution in [0.15, 0.2) is 71.6 Å². The molecule has 1 N–H and O–H groups in total. The lowest BCUT2D eigenvalue weighted by Gasteiger charge is -2.28. The number of carbonyl (C=O) groups excluding carboxylic acids is 2. The van der Waals surface area contributed by atoms with Gasteiger partial charge in [0.25, 0.3) is 5.91 Å². The van der Waals surface area contributed by atoms with Crippen LogP contribution in [0, 0.1) is 6.92 Å². The van der Waals surface area contributed by atoms with Crippen LogP contribution in [0.4, 0.5) is 5.00 Å². The van der Waals surface area contributed by atoms with Gasteiger partial charge in [-0.15, -0.1) is 11.3 Å². The second kappa shape index (κ2) is 11.2. The third-order valence-electron chi connectivity index (χ3n) is 7.51. The monoisotopic (exact) mass is 604 g/mol. The summed E-state index contributed by atoms with van der Waals surface area (Å²) in [6.07, 6.45) is 1.16. The molecule has 0 fully saturated rings. The number of amides is 1. The summed E-state index contributed by atoms with van der Waals surface area (Å²) in [4.78, 5) is 26.9. The van der Waals surface area contributed by atoms with Crippen LogP contribution in [0.25, 0.3) is 0 Å². The lowest BCUT2D eigenvalue weighted by atomic mass is 10.0. The fourth-order valence-corrected chi connectivity index (χ4v) is 7.82. The summed E-state index contributed by atoms with van der Waals surface area (Å²) < 4.78 is 44.0. The summed E-state index contributed by atoms with van der Waals surface area (Å²) in [6.45, 7) is 2.70. The van der Waals surface area contributed by atoms with Gasteiger partial charge in [-0.05, 0) is 72.0 Å². The number of nitrogens with zero attached hydrogens (tertiary/aromatic N) is 1. The molecular formula is C31H28N2O7S2. The van der Waals surface area contributed by atoms with Gasteiger partial charge in [0.1, 0.15) is 5.00 Å². The summed E-state index contributed by atoms with van der Waals surface area (Å²) in [5, 5.41) is 3.20. The van der Waals surface area contributed by atoms with Crippen LogP contribution in [-0.4, -0.2) is 45.0 Å². The van der Waals surface area contributed by atoms with Crippen molar-refractivity contribution in [2.45, 2.75) is 31.2 Å². The molecule has 0 saturated carbocycles. The number of hydrogen-bond donors (Lipinski definition) is 1. The number of esters is 1. The summed E-state index contributed by atoms with van der Waals surface area (Å²) in [5.41, 5.74) is 4.38. The van der Waals surface area contributed by atoms with Gasteiger partial charge < -0.3 is 19.5 Å². The van der Waals surface area contributed by atoms with E-state index in [9.17, 15) is 18.0 Å². The Morgan fingerprint density at radius 1 is 1.00 bits per heavy atom. The quantitative estimate of drug-likeness (QED) is 0.290. The first-order valence-corrected chi connectivity index (χ1v) is 15.6. The maximum Gasteiger partial charge on any atom is 0.341 e. The van der Waals surface area contributed by atoms with Crippen molar-refractivity contribution in [3.05, 3.63) is 105 Å². The van der Waals surface area contributed by atoms with Crippen molar-refractivity contribution < 1.29 is 32.2 Å². The van der Waals surface area contributed by atoms with E-state index in [1.165, 1.54) is 47.0 Å². The smallest absolute Gasteiger partial charge is 0.341 e. The Morgan fingerprint density at radius 2 is 1.74 bits per heavy atom. The number of nitrogens with one attached hydrogen (secondary N) is 1. The van der Waals surface area contributed by atoms with E-state index in [1.807, 2.05) is 49.4 Å². The molecule has 4 aromatic rings. The van der Waals surface area contributed by atoms with Crippen LogP contribution in [0.1, 0.15) is 47.8 Å². The van der Waals surface area contributed by atoms with Gasteiger partial charge in [0, 0.05) is 30.0 Å². The molecule has 6 rings (SSSR count). The molecule has 42 heavy (non-hydrogen) atoms. The number of benzene rings is 3. The highest BCUT2D eigenvalue weighted by Gasteiger charge is 2.29. The van der Waals surface area contributed by atoms with Crippen molar-refractivity contribution >= 4 is 38.2 Å². The topological polar surface area (TPSA) is 111 Å². The summed E-state index contributed by atoms with van der Waals surface area (Å²) >= 11 is 1.29. The van der Waals surface area contributed by atoms with Crippen LogP contribution in [0.5, 0.6) is 11.5 Å². The highest BCUT2D eigenvalue weighted by molar-refractivity contribution is 7.89. The first-order valence-electron chi connectivity index (χ1n) is 13.3. The molecule has 0 bridgehead atoms. The first-order chi connectivity index (χ1) is 20.2. The fourth-order valence-electron chi connectivity index (χ4n) is 5.18. The molecule has 11 heteroatoms. The highest BCUT2D eigenvalue weighted by atomic mass is 32.2. The second-order valence-electron chi connectivity index (χ2n) is 10.0. The molecule has 0 unspecified atom stereocenters. The number of methoxy groups -OCH3 is 1. The van der Waals surface area contributed by atoms with E-state index in [0.29, 0.717) is 48.0 Å². The van der Waals surface area contributed by atoms with Gasteiger partial charge in [-0.2, -0.15) is 4.31 Å². The number of anilines is 1. The summed E-state index contributed by atoms with van der Waals surface area (Å²) in [5.74, 6) is 0.330. The first kappa shape index (κ1) is 28.0. The molecule has 3 aromatic carbocycles. The molecule has 0 atom stereocenters. The summed E-state index contributed by atoms with van der Waals surface area (Å²) in [7, 11) is -2.44. The van der Waals surface area contributed by atoms with Crippen molar-refractivity contribution in [1.82, 2.24) is 4.31 Å². The molecule has 0 radical (unpaired) electrons. The minimum absolute atomic E-state index is 0.117. The van der Waals surface area contributed by atoms with Crippen molar-refractivity contribution in [2.24, 2.45) is 0 Å². The van der Waals surface area contributed by atoms with Gasteiger partial charge >= 0.3 is 5.97 Å². The highest BCUT2D eigenvalue weighted by Crippen LogP contribution is 2.38. The minimum Gasteiger partial charge on any atom is -0.465 e. The summed E-state index contributed by atoms with van der Waals surface area (Å²) in [6, 6.07) is 19.3. The van der Waals surface area contributed by atoms with Gasteiger partial charge in [0.05, 0.1) is 17.6 Å². The van der Waals surface area contributed by atoms with Crippen molar-refractivity contribution in [2.75, 3.05) is 25.8 Å². The maximum atomic E-state index is 13.3. The van der Waals surface area contributed by atoms with E-state index in [4.69, 9.17) is 14.2 Å². The SMILES string of the molecule is COC(=O)c1c(NC(=O)c2ccc(S(=O)(=O)N3CCc4ccccc4C3)cc2)sc(Cc2ccc3c(c2)OCO3)c1C. The van der Waals surface area contributed by atoms with Crippen molar-refractivity contribution in [3.8, 4) is 11.5 Å². The lowest BCUT2D eigenvalue weighted by molar-refractivity contribution is 0.0601. The van der Waals surface area contributed by atoms with E-state index in [2.05, 4.69) is 5.32 Å². The average Bonchev–Trinajstić information content (AvgIpc) is 3.60. The van der Waals surface area contributed by atoms with Crippen LogP contribution >= 0.6 is 11.3 Å². The molecule has 0 saturated heterocycles. The maximum absolute atomic E-state index is 13.3. The van der Waals surface area contributed by atoms with Gasteiger partial charge in [-0.3, -0.25) is 4.79 Å². The Balaban J connectivity index is 1.20. The van der Waals surface area contributed by atoms with Crippen molar-refractivity contribution in [1.29, 1.82) is 0 Å². The Labute approximate surface area is 247 Å². The predicted octanol–water partition coefficient (Wildman–Crippen LogP) is 5.16. The number of ether oxygens (including phenoxy) is 3. The lowest BCUT2D eigenvalue weighted by Crippen LogP contribution is -2.35. The minimum atomic E-state index is -3.74. The molecule has 0 spiro atoms. The number of thiophene rings is 1. The number of fused-ring (bicyclic) bond motifs is 2. The number of rotatable bonds is 7. The molecule has 2 aliphatic rings. The normalized spacial score (nSPS) is 14.3. The largest absolute Gasteiger partial charge is 0.465 e. The fraction of sp³-hybridized carbons (Fsp3) is 0.226.